The average molecular weight is 207 g/mol. The maximum Gasteiger partial charge on any atom is 0.241 e. The van der Waals surface area contributed by atoms with Gasteiger partial charge in [0.15, 0.2) is 0 Å². The summed E-state index contributed by atoms with van der Waals surface area (Å²) in [6.07, 6.45) is 0. The fourth-order valence-corrected chi connectivity index (χ4v) is 0.988. The highest BCUT2D eigenvalue weighted by Crippen LogP contribution is 2.17. The molecule has 4 nitrogen and oxygen atoms in total. The van der Waals surface area contributed by atoms with Crippen molar-refractivity contribution in [2.75, 3.05) is 5.32 Å². The maximum atomic E-state index is 13.1. The number of hydrogen-bond acceptors (Lipinski definition) is 3. The number of amides is 1. The number of rotatable bonds is 2. The van der Waals surface area contributed by atoms with E-state index in [9.17, 15) is 9.18 Å². The molecule has 1 aromatic carbocycles. The zero-order valence-electron chi connectivity index (χ0n) is 8.12. The highest BCUT2D eigenvalue weighted by Gasteiger charge is 2.12. The van der Waals surface area contributed by atoms with Crippen molar-refractivity contribution in [1.82, 2.24) is 0 Å². The van der Waals surface area contributed by atoms with Crippen LogP contribution in [-0.4, -0.2) is 11.9 Å². The molecule has 1 aromatic rings. The summed E-state index contributed by atoms with van der Waals surface area (Å²) in [5.74, 6) is -1.13. The quantitative estimate of drug-likeness (QED) is 0.758. The molecule has 15 heavy (non-hydrogen) atoms. The Kier molecular flexibility index (Phi) is 3.37. The number of nitriles is 1. The van der Waals surface area contributed by atoms with Crippen molar-refractivity contribution < 1.29 is 9.18 Å². The lowest BCUT2D eigenvalue weighted by molar-refractivity contribution is -0.117. The molecule has 1 rings (SSSR count). The zero-order chi connectivity index (χ0) is 11.4. The largest absolute Gasteiger partial charge is 0.323 e. The van der Waals surface area contributed by atoms with Crippen LogP contribution in [0.25, 0.3) is 0 Å². The highest BCUT2D eigenvalue weighted by atomic mass is 19.1. The molecule has 5 heteroatoms. The van der Waals surface area contributed by atoms with E-state index >= 15 is 0 Å². The van der Waals surface area contributed by atoms with Gasteiger partial charge in [-0.3, -0.25) is 4.79 Å². The monoisotopic (exact) mass is 207 g/mol. The molecule has 3 N–H and O–H groups in total. The minimum absolute atomic E-state index is 0.139. The second kappa shape index (κ2) is 4.53. The first-order valence-corrected chi connectivity index (χ1v) is 4.31. The van der Waals surface area contributed by atoms with Gasteiger partial charge in [0.1, 0.15) is 17.4 Å². The van der Waals surface area contributed by atoms with E-state index in [1.807, 2.05) is 0 Å². The van der Waals surface area contributed by atoms with Gasteiger partial charge in [-0.1, -0.05) is 6.07 Å². The molecule has 0 saturated carbocycles. The normalized spacial score (nSPS) is 11.6. The van der Waals surface area contributed by atoms with Crippen LogP contribution >= 0.6 is 0 Å². The molecule has 0 radical (unpaired) electrons. The number of nitrogens with one attached hydrogen (secondary N) is 1. The minimum Gasteiger partial charge on any atom is -0.323 e. The van der Waals surface area contributed by atoms with E-state index in [4.69, 9.17) is 11.0 Å². The van der Waals surface area contributed by atoms with Crippen molar-refractivity contribution in [2.24, 2.45) is 5.73 Å². The molecule has 0 aliphatic carbocycles. The predicted octanol–water partition coefficient (Wildman–Crippen LogP) is 0.983. The van der Waals surface area contributed by atoms with E-state index in [0.717, 1.165) is 6.07 Å². The first-order valence-electron chi connectivity index (χ1n) is 4.31. The van der Waals surface area contributed by atoms with Crippen LogP contribution in [-0.2, 0) is 4.79 Å². The third-order valence-corrected chi connectivity index (χ3v) is 1.80. The third kappa shape index (κ3) is 2.51. The van der Waals surface area contributed by atoms with Crippen LogP contribution in [0.1, 0.15) is 12.5 Å². The SMILES string of the molecule is C[C@@H](N)C(=O)Nc1cccc(F)c1C#N. The number of nitrogens with two attached hydrogens (primary N) is 1. The molecule has 0 heterocycles. The first kappa shape index (κ1) is 11.1. The van der Waals surface area contributed by atoms with E-state index in [1.54, 1.807) is 6.07 Å². The molecule has 0 unspecified atom stereocenters. The highest BCUT2D eigenvalue weighted by molar-refractivity contribution is 5.95. The average Bonchev–Trinajstić information content (AvgIpc) is 2.18. The van der Waals surface area contributed by atoms with Crippen LogP contribution in [0.4, 0.5) is 10.1 Å². The molecule has 0 aromatic heterocycles. The summed E-state index contributed by atoms with van der Waals surface area (Å²) in [7, 11) is 0. The van der Waals surface area contributed by atoms with Gasteiger partial charge in [-0.05, 0) is 19.1 Å². The van der Waals surface area contributed by atoms with E-state index in [0.29, 0.717) is 0 Å². The second-order valence-electron chi connectivity index (χ2n) is 3.05. The lowest BCUT2D eigenvalue weighted by Crippen LogP contribution is -2.32. The van der Waals surface area contributed by atoms with Gasteiger partial charge in [0.25, 0.3) is 0 Å². The Bertz CT molecular complexity index is 423. The Labute approximate surface area is 86.5 Å². The fraction of sp³-hybridized carbons (Fsp3) is 0.200. The van der Waals surface area contributed by atoms with Crippen molar-refractivity contribution in [3.63, 3.8) is 0 Å². The number of benzene rings is 1. The van der Waals surface area contributed by atoms with Gasteiger partial charge < -0.3 is 11.1 Å². The second-order valence-corrected chi connectivity index (χ2v) is 3.05. The molecule has 78 valence electrons. The number of anilines is 1. The fourth-order valence-electron chi connectivity index (χ4n) is 0.988. The number of nitrogens with zero attached hydrogens (tertiary/aromatic N) is 1. The van der Waals surface area contributed by atoms with Gasteiger partial charge >= 0.3 is 0 Å². The molecule has 0 aliphatic rings. The Morgan fingerprint density at radius 3 is 2.87 bits per heavy atom. The summed E-state index contributed by atoms with van der Waals surface area (Å²) < 4.78 is 13.1. The third-order valence-electron chi connectivity index (χ3n) is 1.80. The lowest BCUT2D eigenvalue weighted by atomic mass is 10.1. The molecule has 0 spiro atoms. The summed E-state index contributed by atoms with van der Waals surface area (Å²) in [6, 6.07) is 4.98. The number of halogens is 1. The molecule has 0 fully saturated rings. The van der Waals surface area contributed by atoms with Gasteiger partial charge in [0, 0.05) is 0 Å². The summed E-state index contributed by atoms with van der Waals surface area (Å²) in [4.78, 5) is 11.2. The first-order chi connectivity index (χ1) is 7.06. The van der Waals surface area contributed by atoms with Crippen molar-refractivity contribution in [3.05, 3.63) is 29.6 Å². The van der Waals surface area contributed by atoms with Gasteiger partial charge in [-0.2, -0.15) is 5.26 Å². The van der Waals surface area contributed by atoms with Crippen LogP contribution in [0.5, 0.6) is 0 Å². The van der Waals surface area contributed by atoms with Gasteiger partial charge in [-0.25, -0.2) is 4.39 Å². The van der Waals surface area contributed by atoms with Crippen LogP contribution in [0.15, 0.2) is 18.2 Å². The Hall–Kier alpha value is -1.93. The summed E-state index contributed by atoms with van der Waals surface area (Å²) in [6.45, 7) is 1.50. The molecular weight excluding hydrogens is 197 g/mol. The number of carbonyl (C=O) groups is 1. The minimum atomic E-state index is -0.709. The topological polar surface area (TPSA) is 78.9 Å². The van der Waals surface area contributed by atoms with Gasteiger partial charge in [-0.15, -0.1) is 0 Å². The van der Waals surface area contributed by atoms with Gasteiger partial charge in [0.2, 0.25) is 5.91 Å². The molecule has 0 saturated heterocycles. The summed E-state index contributed by atoms with van der Waals surface area (Å²) >= 11 is 0. The molecule has 1 amide bonds. The van der Waals surface area contributed by atoms with E-state index < -0.39 is 17.8 Å². The van der Waals surface area contributed by atoms with Crippen molar-refractivity contribution in [2.45, 2.75) is 13.0 Å². The molecule has 0 aliphatic heterocycles. The molecular formula is C10H10FN3O. The maximum absolute atomic E-state index is 13.1. The van der Waals surface area contributed by atoms with Crippen LogP contribution < -0.4 is 11.1 Å². The van der Waals surface area contributed by atoms with E-state index in [1.165, 1.54) is 19.1 Å². The van der Waals surface area contributed by atoms with Crippen LogP contribution in [0.3, 0.4) is 0 Å². The Morgan fingerprint density at radius 1 is 1.67 bits per heavy atom. The molecule has 0 bridgehead atoms. The zero-order valence-corrected chi connectivity index (χ0v) is 8.12. The Balaban J connectivity index is 3.01. The van der Waals surface area contributed by atoms with Crippen molar-refractivity contribution >= 4 is 11.6 Å². The van der Waals surface area contributed by atoms with Gasteiger partial charge in [0.05, 0.1) is 11.7 Å². The number of carbonyl (C=O) groups excluding carboxylic acids is 1. The molecule has 1 atom stereocenters. The Morgan fingerprint density at radius 2 is 2.33 bits per heavy atom. The van der Waals surface area contributed by atoms with Crippen LogP contribution in [0.2, 0.25) is 0 Å². The van der Waals surface area contributed by atoms with E-state index in [2.05, 4.69) is 5.32 Å². The van der Waals surface area contributed by atoms with Crippen molar-refractivity contribution in [3.8, 4) is 6.07 Å². The lowest BCUT2D eigenvalue weighted by Gasteiger charge is -2.09. The smallest absolute Gasteiger partial charge is 0.241 e. The summed E-state index contributed by atoms with van der Waals surface area (Å²) in [5, 5.41) is 11.1. The van der Waals surface area contributed by atoms with Crippen LogP contribution in [0, 0.1) is 17.1 Å². The summed E-state index contributed by atoms with van der Waals surface area (Å²) in [5.41, 5.74) is 5.27. The predicted molar refractivity (Wildman–Crippen MR) is 53.4 cm³/mol. The standard InChI is InChI=1S/C10H10FN3O/c1-6(13)10(15)14-9-4-2-3-8(11)7(9)5-12/h2-4,6H,13H2,1H3,(H,14,15)/t6-/m1/s1. The van der Waals surface area contributed by atoms with Crippen molar-refractivity contribution in [1.29, 1.82) is 5.26 Å². The van der Waals surface area contributed by atoms with E-state index in [-0.39, 0.29) is 11.3 Å². The number of hydrogen-bond donors (Lipinski definition) is 2.